The summed E-state index contributed by atoms with van der Waals surface area (Å²) in [5.74, 6) is -0.762. The number of hydrogen-bond donors (Lipinski definition) is 4. The number of carboxylic acid groups (broad SMARTS) is 1. The average molecular weight is 221 g/mol. The number of carbonyl (C=O) groups is 1. The van der Waals surface area contributed by atoms with Crippen molar-refractivity contribution in [2.45, 2.75) is 42.3 Å². The third-order valence-electron chi connectivity index (χ3n) is 2.17. The van der Waals surface area contributed by atoms with E-state index in [0.717, 1.165) is 12.8 Å². The Bertz CT molecular complexity index is 203. The maximum atomic E-state index is 10.6. The van der Waals surface area contributed by atoms with E-state index in [2.05, 4.69) is 30.6 Å². The molecule has 0 radical (unpaired) electrons. The predicted molar refractivity (Wildman–Crippen MR) is 58.6 cm³/mol. The van der Waals surface area contributed by atoms with E-state index < -0.39 is 5.97 Å². The normalized spacial score (nSPS) is 29.2. The second-order valence-electron chi connectivity index (χ2n) is 3.75. The molecule has 0 aromatic carbocycles. The summed E-state index contributed by atoms with van der Waals surface area (Å²) in [5, 5.41) is 11.8. The third kappa shape index (κ3) is 3.79. The molecule has 2 unspecified atom stereocenters. The van der Waals surface area contributed by atoms with Crippen molar-refractivity contribution < 1.29 is 9.90 Å². The third-order valence-corrected chi connectivity index (χ3v) is 2.54. The molecule has 0 aliphatic carbocycles. The summed E-state index contributed by atoms with van der Waals surface area (Å²) in [6.45, 7) is 1.91. The molecule has 2 atom stereocenters. The molecule has 0 spiro atoms. The van der Waals surface area contributed by atoms with E-state index >= 15 is 0 Å². The number of hydrogen-bond acceptors (Lipinski definition) is 4. The van der Waals surface area contributed by atoms with Crippen molar-refractivity contribution in [1.82, 2.24) is 5.32 Å². The summed E-state index contributed by atoms with van der Waals surface area (Å²) >= 11 is 8.58. The lowest BCUT2D eigenvalue weighted by Crippen LogP contribution is -2.37. The average Bonchev–Trinajstić information content (AvgIpc) is 2.31. The van der Waals surface area contributed by atoms with E-state index in [1.165, 1.54) is 0 Å². The van der Waals surface area contributed by atoms with Crippen LogP contribution in [0.25, 0.3) is 0 Å². The molecule has 2 N–H and O–H groups in total. The fourth-order valence-electron chi connectivity index (χ4n) is 1.64. The van der Waals surface area contributed by atoms with E-state index in [1.54, 1.807) is 0 Å². The highest BCUT2D eigenvalue weighted by Crippen LogP contribution is 2.28. The Balaban J connectivity index is 2.38. The van der Waals surface area contributed by atoms with Gasteiger partial charge in [0.25, 0.3) is 0 Å². The van der Waals surface area contributed by atoms with Crippen LogP contribution in [0, 0.1) is 0 Å². The first kappa shape index (κ1) is 11.2. The van der Waals surface area contributed by atoms with Crippen molar-refractivity contribution in [3.8, 4) is 0 Å². The second-order valence-corrected chi connectivity index (χ2v) is 6.08. The van der Waals surface area contributed by atoms with Crippen molar-refractivity contribution in [1.29, 1.82) is 0 Å². The summed E-state index contributed by atoms with van der Waals surface area (Å²) < 4.78 is -0.328. The van der Waals surface area contributed by atoms with Crippen LogP contribution < -0.4 is 5.32 Å². The van der Waals surface area contributed by atoms with Crippen LogP contribution in [0.15, 0.2) is 0 Å². The summed E-state index contributed by atoms with van der Waals surface area (Å²) in [4.78, 5) is 10.6. The van der Waals surface area contributed by atoms with Crippen molar-refractivity contribution in [3.63, 3.8) is 0 Å². The fourth-order valence-corrected chi connectivity index (χ4v) is 2.08. The minimum atomic E-state index is -0.762. The lowest BCUT2D eigenvalue weighted by atomic mass is 10.1. The zero-order chi connectivity index (χ0) is 10.1. The van der Waals surface area contributed by atoms with E-state index in [9.17, 15) is 4.79 Å². The molecule has 1 heterocycles. The van der Waals surface area contributed by atoms with Crippen LogP contribution in [0.2, 0.25) is 0 Å². The van der Waals surface area contributed by atoms with Gasteiger partial charge in [0.05, 0.1) is 4.08 Å². The molecule has 1 saturated heterocycles. The van der Waals surface area contributed by atoms with E-state index in [1.807, 2.05) is 6.92 Å². The standard InChI is InChI=1S/C8H15NO2S2/c1-8(12,13)4-5-2-3-6(9-5)7(10)11/h5-6,9,12-13H,2-4H2,1H3,(H,10,11). The molecular weight excluding hydrogens is 206 g/mol. The first-order valence-corrected chi connectivity index (χ1v) is 5.21. The first-order chi connectivity index (χ1) is 5.88. The molecule has 0 saturated carbocycles. The van der Waals surface area contributed by atoms with Crippen molar-refractivity contribution in [3.05, 3.63) is 0 Å². The Hall–Kier alpha value is 0.130. The molecule has 1 aliphatic heterocycles. The van der Waals surface area contributed by atoms with Crippen molar-refractivity contribution in [2.24, 2.45) is 0 Å². The zero-order valence-corrected chi connectivity index (χ0v) is 9.31. The van der Waals surface area contributed by atoms with Crippen molar-refractivity contribution in [2.75, 3.05) is 0 Å². The largest absolute Gasteiger partial charge is 0.480 e. The van der Waals surface area contributed by atoms with Crippen LogP contribution in [0.4, 0.5) is 0 Å². The summed E-state index contributed by atoms with van der Waals surface area (Å²) in [5.41, 5.74) is 0. The van der Waals surface area contributed by atoms with Gasteiger partial charge in [-0.05, 0) is 26.2 Å². The van der Waals surface area contributed by atoms with E-state index in [4.69, 9.17) is 5.11 Å². The van der Waals surface area contributed by atoms with Crippen LogP contribution in [-0.4, -0.2) is 27.2 Å². The first-order valence-electron chi connectivity index (χ1n) is 4.32. The van der Waals surface area contributed by atoms with Crippen LogP contribution in [0.1, 0.15) is 26.2 Å². The van der Waals surface area contributed by atoms with Gasteiger partial charge in [-0.25, -0.2) is 0 Å². The summed E-state index contributed by atoms with van der Waals surface area (Å²) in [6, 6.07) is -0.143. The van der Waals surface area contributed by atoms with Gasteiger partial charge in [0.1, 0.15) is 6.04 Å². The molecule has 0 amide bonds. The summed E-state index contributed by atoms with van der Waals surface area (Å²) in [6.07, 6.45) is 2.38. The summed E-state index contributed by atoms with van der Waals surface area (Å²) in [7, 11) is 0. The highest BCUT2D eigenvalue weighted by Gasteiger charge is 2.31. The highest BCUT2D eigenvalue weighted by atomic mass is 32.2. The van der Waals surface area contributed by atoms with Gasteiger partial charge in [0.15, 0.2) is 0 Å². The van der Waals surface area contributed by atoms with Gasteiger partial charge in [-0.3, -0.25) is 4.79 Å². The monoisotopic (exact) mass is 221 g/mol. The molecule has 0 bridgehead atoms. The number of aliphatic carboxylic acids is 1. The number of thiol groups is 2. The zero-order valence-electron chi connectivity index (χ0n) is 7.53. The Labute approximate surface area is 89.1 Å². The number of nitrogens with one attached hydrogen (secondary N) is 1. The lowest BCUT2D eigenvalue weighted by Gasteiger charge is -2.21. The second kappa shape index (κ2) is 4.11. The fraction of sp³-hybridized carbons (Fsp3) is 0.875. The number of carboxylic acids is 1. The molecule has 1 aliphatic rings. The van der Waals surface area contributed by atoms with Crippen molar-refractivity contribution >= 4 is 31.2 Å². The SMILES string of the molecule is CC(S)(S)CC1CCC(C(=O)O)N1. The van der Waals surface area contributed by atoms with Crippen LogP contribution in [0.3, 0.4) is 0 Å². The molecule has 1 rings (SSSR count). The van der Waals surface area contributed by atoms with E-state index in [-0.39, 0.29) is 16.2 Å². The molecule has 76 valence electrons. The van der Waals surface area contributed by atoms with E-state index in [0.29, 0.717) is 6.42 Å². The van der Waals surface area contributed by atoms with Crippen LogP contribution in [0.5, 0.6) is 0 Å². The van der Waals surface area contributed by atoms with Crippen LogP contribution >= 0.6 is 25.3 Å². The smallest absolute Gasteiger partial charge is 0.320 e. The minimum absolute atomic E-state index is 0.237. The molecule has 3 nitrogen and oxygen atoms in total. The van der Waals surface area contributed by atoms with Gasteiger partial charge in [-0.15, -0.1) is 0 Å². The predicted octanol–water partition coefficient (Wildman–Crippen LogP) is 1.16. The lowest BCUT2D eigenvalue weighted by molar-refractivity contribution is -0.139. The Morgan fingerprint density at radius 2 is 2.23 bits per heavy atom. The molecule has 0 aromatic rings. The molecule has 5 heteroatoms. The van der Waals surface area contributed by atoms with Gasteiger partial charge in [0.2, 0.25) is 0 Å². The quantitative estimate of drug-likeness (QED) is 0.427. The maximum absolute atomic E-state index is 10.6. The van der Waals surface area contributed by atoms with Gasteiger partial charge >= 0.3 is 5.97 Å². The van der Waals surface area contributed by atoms with Gasteiger partial charge < -0.3 is 10.4 Å². The molecule has 1 fully saturated rings. The van der Waals surface area contributed by atoms with Gasteiger partial charge in [0, 0.05) is 6.04 Å². The van der Waals surface area contributed by atoms with Crippen LogP contribution in [-0.2, 0) is 4.79 Å². The molecular formula is C8H15NO2S2. The maximum Gasteiger partial charge on any atom is 0.320 e. The van der Waals surface area contributed by atoms with Gasteiger partial charge in [-0.1, -0.05) is 0 Å². The molecule has 0 aromatic heterocycles. The Morgan fingerprint density at radius 3 is 2.62 bits per heavy atom. The topological polar surface area (TPSA) is 49.3 Å². The minimum Gasteiger partial charge on any atom is -0.480 e. The van der Waals surface area contributed by atoms with Gasteiger partial charge in [-0.2, -0.15) is 25.3 Å². The molecule has 13 heavy (non-hydrogen) atoms. The Kier molecular flexibility index (Phi) is 3.54. The highest BCUT2D eigenvalue weighted by molar-refractivity contribution is 8.00. The Morgan fingerprint density at radius 1 is 1.62 bits per heavy atom. The number of rotatable bonds is 3.